The molecule has 2 aromatic carbocycles. The lowest BCUT2D eigenvalue weighted by Crippen LogP contribution is -2.17. The van der Waals surface area contributed by atoms with E-state index in [0.29, 0.717) is 29.5 Å². The summed E-state index contributed by atoms with van der Waals surface area (Å²) in [6, 6.07) is 9.58. The van der Waals surface area contributed by atoms with Crippen LogP contribution in [0.25, 0.3) is 5.53 Å². The van der Waals surface area contributed by atoms with Crippen LogP contribution in [0.4, 0.5) is 0 Å². The van der Waals surface area contributed by atoms with Crippen molar-refractivity contribution in [1.82, 2.24) is 0 Å². The van der Waals surface area contributed by atoms with Gasteiger partial charge in [-0.25, -0.2) is 16.8 Å². The zero-order chi connectivity index (χ0) is 20.2. The Balaban J connectivity index is 3.04. The summed E-state index contributed by atoms with van der Waals surface area (Å²) < 4.78 is 52.1. The van der Waals surface area contributed by atoms with Gasteiger partial charge in [0.25, 0.3) is 9.84 Å². The van der Waals surface area contributed by atoms with Gasteiger partial charge in [-0.3, -0.25) is 0 Å². The maximum Gasteiger partial charge on any atom is 0.374 e. The van der Waals surface area contributed by atoms with E-state index in [4.69, 9.17) is 5.53 Å². The van der Waals surface area contributed by atoms with Gasteiger partial charge in [-0.05, 0) is 48.1 Å². The first kappa shape index (κ1) is 21.0. The van der Waals surface area contributed by atoms with Crippen LogP contribution in [0.3, 0.4) is 0 Å². The molecule has 0 spiro atoms. The van der Waals surface area contributed by atoms with Crippen molar-refractivity contribution in [1.29, 1.82) is 0 Å². The predicted molar refractivity (Wildman–Crippen MR) is 103 cm³/mol. The van der Waals surface area contributed by atoms with Crippen molar-refractivity contribution in [3.05, 3.63) is 58.6 Å². The van der Waals surface area contributed by atoms with Crippen molar-refractivity contribution in [2.75, 3.05) is 0 Å². The maximum absolute atomic E-state index is 13.4. The first-order chi connectivity index (χ1) is 12.7. The molecule has 0 bridgehead atoms. The van der Waals surface area contributed by atoms with Crippen LogP contribution in [0.1, 0.15) is 37.5 Å². The number of hydrogen-bond acceptors (Lipinski definition) is 4. The molecule has 0 unspecified atom stereocenters. The van der Waals surface area contributed by atoms with E-state index in [2.05, 4.69) is 4.79 Å². The number of sulfone groups is 2. The van der Waals surface area contributed by atoms with E-state index < -0.39 is 19.7 Å². The lowest BCUT2D eigenvalue weighted by Gasteiger charge is -2.19. The molecular weight excluding hydrogens is 384 g/mol. The average Bonchev–Trinajstić information content (AvgIpc) is 2.66. The summed E-state index contributed by atoms with van der Waals surface area (Å²) in [6.07, 6.45) is 1.05. The largest absolute Gasteiger partial charge is 0.374 e. The Bertz CT molecular complexity index is 1100. The molecule has 0 aliphatic carbocycles. The van der Waals surface area contributed by atoms with Crippen molar-refractivity contribution >= 4 is 25.2 Å². The first-order valence-electron chi connectivity index (χ1n) is 8.64. The highest BCUT2D eigenvalue weighted by molar-refractivity contribution is 8.04. The molecule has 0 aliphatic heterocycles. The number of benzene rings is 2. The normalized spacial score (nSPS) is 11.8. The topological polar surface area (TPSA) is 105 Å². The number of rotatable bonds is 7. The molecule has 6 nitrogen and oxygen atoms in total. The van der Waals surface area contributed by atoms with Gasteiger partial charge in [0.2, 0.25) is 9.84 Å². The molecule has 0 saturated carbocycles. The zero-order valence-electron chi connectivity index (χ0n) is 15.5. The van der Waals surface area contributed by atoms with Crippen LogP contribution in [-0.4, -0.2) is 27.2 Å². The van der Waals surface area contributed by atoms with Crippen molar-refractivity contribution in [3.8, 4) is 0 Å². The molecule has 2 rings (SSSR count). The minimum atomic E-state index is -4.09. The van der Waals surface area contributed by atoms with Crippen LogP contribution < -0.4 is 0 Å². The molecule has 144 valence electrons. The van der Waals surface area contributed by atoms with Crippen molar-refractivity contribution < 1.29 is 21.6 Å². The second-order valence-corrected chi connectivity index (χ2v) is 9.57. The number of hydrogen-bond donors (Lipinski definition) is 0. The van der Waals surface area contributed by atoms with Gasteiger partial charge in [-0.15, -0.1) is 0 Å². The van der Waals surface area contributed by atoms with Gasteiger partial charge in [-0.2, -0.15) is 4.79 Å². The van der Waals surface area contributed by atoms with Gasteiger partial charge in [0, 0.05) is 0 Å². The molecule has 27 heavy (non-hydrogen) atoms. The third-order valence-electron chi connectivity index (χ3n) is 4.39. The van der Waals surface area contributed by atoms with Crippen LogP contribution in [0.2, 0.25) is 0 Å². The highest BCUT2D eigenvalue weighted by Gasteiger charge is 2.32. The van der Waals surface area contributed by atoms with Crippen LogP contribution in [0.5, 0.6) is 0 Å². The number of aryl methyl sites for hydroxylation is 2. The van der Waals surface area contributed by atoms with E-state index in [1.165, 1.54) is 12.1 Å². The number of nitrogens with zero attached hydrogens (tertiary/aromatic N) is 2. The molecule has 2 aromatic rings. The summed E-state index contributed by atoms with van der Waals surface area (Å²) in [5, 5.41) is 0. The summed E-state index contributed by atoms with van der Waals surface area (Å²) in [7, 11) is -8.01. The molecule has 0 heterocycles. The second-order valence-electron chi connectivity index (χ2n) is 5.97. The van der Waals surface area contributed by atoms with E-state index in [9.17, 15) is 16.8 Å². The van der Waals surface area contributed by atoms with Crippen LogP contribution in [0.15, 0.2) is 51.1 Å². The molecule has 0 fully saturated rings. The summed E-state index contributed by atoms with van der Waals surface area (Å²) >= 11 is 0. The van der Waals surface area contributed by atoms with Crippen LogP contribution >= 0.6 is 0 Å². The fourth-order valence-corrected chi connectivity index (χ4v) is 6.52. The van der Waals surface area contributed by atoms with Gasteiger partial charge < -0.3 is 5.53 Å². The van der Waals surface area contributed by atoms with E-state index >= 15 is 0 Å². The Morgan fingerprint density at radius 3 is 1.93 bits per heavy atom. The maximum atomic E-state index is 13.4. The lowest BCUT2D eigenvalue weighted by atomic mass is 10.0. The van der Waals surface area contributed by atoms with Gasteiger partial charge in [0.05, 0.1) is 14.7 Å². The minimum Gasteiger partial charge on any atom is -0.361 e. The van der Waals surface area contributed by atoms with E-state index in [-0.39, 0.29) is 26.7 Å². The summed E-state index contributed by atoms with van der Waals surface area (Å²) in [4.78, 5) is 2.72. The molecule has 0 radical (unpaired) electrons. The van der Waals surface area contributed by atoms with Gasteiger partial charge in [0.1, 0.15) is 0 Å². The Hall–Kier alpha value is -2.28. The van der Waals surface area contributed by atoms with Crippen LogP contribution in [-0.2, 0) is 38.9 Å². The molecule has 0 amide bonds. The van der Waals surface area contributed by atoms with Gasteiger partial charge in [-0.1, -0.05) is 45.0 Å². The Morgan fingerprint density at radius 1 is 0.889 bits per heavy atom. The Morgan fingerprint density at radius 2 is 1.44 bits per heavy atom. The summed E-state index contributed by atoms with van der Waals surface area (Å²) in [5.74, 6) is 0. The zero-order valence-corrected chi connectivity index (χ0v) is 17.1. The molecule has 0 saturated heterocycles. The third kappa shape index (κ3) is 3.88. The van der Waals surface area contributed by atoms with Gasteiger partial charge >= 0.3 is 5.55 Å². The highest BCUT2D eigenvalue weighted by Crippen LogP contribution is 2.35. The molecule has 0 atom stereocenters. The van der Waals surface area contributed by atoms with Crippen molar-refractivity contribution in [2.24, 2.45) is 0 Å². The molecule has 8 heteroatoms. The quantitative estimate of drug-likeness (QED) is 0.305. The van der Waals surface area contributed by atoms with Crippen LogP contribution in [0, 0.1) is 0 Å². The lowest BCUT2D eigenvalue weighted by molar-refractivity contribution is 0.00753. The molecule has 0 aliphatic rings. The molecular formula is C19H22N2O4S2. The third-order valence-corrected chi connectivity index (χ3v) is 7.78. The predicted octanol–water partition coefficient (Wildman–Crippen LogP) is 3.24. The van der Waals surface area contributed by atoms with Crippen molar-refractivity contribution in [2.45, 2.75) is 54.7 Å². The summed E-state index contributed by atoms with van der Waals surface area (Å²) in [6.45, 7) is 5.35. The monoisotopic (exact) mass is 406 g/mol. The minimum absolute atomic E-state index is 0.0285. The average molecular weight is 407 g/mol. The van der Waals surface area contributed by atoms with Gasteiger partial charge in [0.15, 0.2) is 0 Å². The van der Waals surface area contributed by atoms with E-state index in [1.807, 2.05) is 6.92 Å². The van der Waals surface area contributed by atoms with E-state index in [0.717, 1.165) is 0 Å². The molecule has 0 aromatic heterocycles. The fourth-order valence-electron chi connectivity index (χ4n) is 3.20. The molecule has 0 N–H and O–H groups in total. The smallest absolute Gasteiger partial charge is 0.361 e. The standard InChI is InChI=1S/C19H22N2O4S2/c1-4-14-12-15(5-2)19(27(24,25)16-10-8-7-9-11-16)17(6-3)18(14)26(22,23)13-21-20/h7-13H,4-6H2,1-3H3. The Kier molecular flexibility index (Phi) is 6.36. The Labute approximate surface area is 160 Å². The second kappa shape index (κ2) is 8.17. The van der Waals surface area contributed by atoms with E-state index in [1.54, 1.807) is 38.1 Å². The SMILES string of the molecule is CCc1cc(CC)c(S(=O)(=O)c2ccccc2)c(CC)c1S(=O)(=O)C=[N+]=[N-]. The summed E-state index contributed by atoms with van der Waals surface area (Å²) in [5.41, 5.74) is 10.5. The first-order valence-corrected chi connectivity index (χ1v) is 11.7. The van der Waals surface area contributed by atoms with Crippen molar-refractivity contribution in [3.63, 3.8) is 0 Å². The fraction of sp³-hybridized carbons (Fsp3) is 0.316. The highest BCUT2D eigenvalue weighted by atomic mass is 32.2.